The number of aryl methyl sites for hydroxylation is 1. The quantitative estimate of drug-likeness (QED) is 0.878. The summed E-state index contributed by atoms with van der Waals surface area (Å²) in [7, 11) is 1.80. The van der Waals surface area contributed by atoms with Crippen LogP contribution in [0.1, 0.15) is 35.8 Å². The maximum atomic E-state index is 11.4. The normalized spacial score (nSPS) is 25.6. The first kappa shape index (κ1) is 13.4. The van der Waals surface area contributed by atoms with E-state index in [9.17, 15) is 9.59 Å². The lowest BCUT2D eigenvalue weighted by Gasteiger charge is -2.30. The number of piperidine rings is 1. The van der Waals surface area contributed by atoms with E-state index in [4.69, 9.17) is 5.11 Å². The van der Waals surface area contributed by atoms with Crippen molar-refractivity contribution in [2.45, 2.75) is 37.6 Å². The van der Waals surface area contributed by atoms with E-state index >= 15 is 0 Å². The van der Waals surface area contributed by atoms with Gasteiger partial charge in [0.15, 0.2) is 5.13 Å². The summed E-state index contributed by atoms with van der Waals surface area (Å²) in [6.07, 6.45) is 2.81. The molecule has 1 saturated heterocycles. The van der Waals surface area contributed by atoms with Crippen LogP contribution in [0.2, 0.25) is 0 Å². The maximum Gasteiger partial charge on any atom is 0.312 e. The van der Waals surface area contributed by atoms with Gasteiger partial charge in [-0.15, -0.1) is 11.3 Å². The minimum Gasteiger partial charge on any atom is -0.481 e. The Labute approximate surface area is 120 Å². The van der Waals surface area contributed by atoms with E-state index in [2.05, 4.69) is 10.3 Å². The number of amides is 1. The summed E-state index contributed by atoms with van der Waals surface area (Å²) in [5.74, 6) is -1.06. The molecule has 1 amide bonds. The molecule has 1 aliphatic heterocycles. The standard InChI is InChI=1S/C13H17N3O3S/c1-16-6-7(2-5-10(16)17)14-13-15-11-8(12(18)19)3-4-9(11)20-13/h7-8H,2-6H2,1H3,(H,14,15)(H,18,19). The van der Waals surface area contributed by atoms with Crippen molar-refractivity contribution < 1.29 is 14.7 Å². The molecule has 0 saturated carbocycles. The Bertz CT molecular complexity index is 557. The average Bonchev–Trinajstić information content (AvgIpc) is 2.93. The Morgan fingerprint density at radius 3 is 2.95 bits per heavy atom. The van der Waals surface area contributed by atoms with Crippen molar-refractivity contribution >= 4 is 28.3 Å². The van der Waals surface area contributed by atoms with Crippen molar-refractivity contribution in [2.75, 3.05) is 18.9 Å². The number of carbonyl (C=O) groups excluding carboxylic acids is 1. The summed E-state index contributed by atoms with van der Waals surface area (Å²) in [6, 6.07) is 0.201. The summed E-state index contributed by atoms with van der Waals surface area (Å²) in [5.41, 5.74) is 0.727. The molecule has 20 heavy (non-hydrogen) atoms. The third kappa shape index (κ3) is 2.37. The first-order valence-corrected chi connectivity index (χ1v) is 7.59. The van der Waals surface area contributed by atoms with Gasteiger partial charge in [0.25, 0.3) is 0 Å². The molecule has 2 aliphatic rings. The van der Waals surface area contributed by atoms with Crippen LogP contribution in [-0.2, 0) is 16.0 Å². The SMILES string of the molecule is CN1CC(Nc2nc3c(s2)CCC3C(=O)O)CCC1=O. The number of hydrogen-bond donors (Lipinski definition) is 2. The minimum atomic E-state index is -0.788. The predicted octanol–water partition coefficient (Wildman–Crippen LogP) is 1.29. The molecule has 2 atom stereocenters. The van der Waals surface area contributed by atoms with Gasteiger partial charge in [0.1, 0.15) is 5.92 Å². The number of rotatable bonds is 3. The van der Waals surface area contributed by atoms with E-state index in [0.717, 1.165) is 28.5 Å². The minimum absolute atomic E-state index is 0.177. The van der Waals surface area contributed by atoms with Crippen molar-refractivity contribution in [1.82, 2.24) is 9.88 Å². The topological polar surface area (TPSA) is 82.5 Å². The van der Waals surface area contributed by atoms with Crippen LogP contribution in [-0.4, -0.2) is 46.5 Å². The highest BCUT2D eigenvalue weighted by molar-refractivity contribution is 7.15. The number of anilines is 1. The molecule has 6 nitrogen and oxygen atoms in total. The summed E-state index contributed by atoms with van der Waals surface area (Å²) >= 11 is 1.55. The molecule has 7 heteroatoms. The van der Waals surface area contributed by atoms with Gasteiger partial charge in [0.2, 0.25) is 5.91 Å². The smallest absolute Gasteiger partial charge is 0.312 e. The maximum absolute atomic E-state index is 11.4. The van der Waals surface area contributed by atoms with Crippen molar-refractivity contribution in [3.8, 4) is 0 Å². The lowest BCUT2D eigenvalue weighted by Crippen LogP contribution is -2.43. The van der Waals surface area contributed by atoms with E-state index in [0.29, 0.717) is 19.4 Å². The first-order chi connectivity index (χ1) is 9.54. The van der Waals surface area contributed by atoms with Gasteiger partial charge in [-0.3, -0.25) is 9.59 Å². The summed E-state index contributed by atoms with van der Waals surface area (Å²) < 4.78 is 0. The lowest BCUT2D eigenvalue weighted by atomic mass is 10.1. The first-order valence-electron chi connectivity index (χ1n) is 6.77. The second-order valence-electron chi connectivity index (χ2n) is 5.41. The van der Waals surface area contributed by atoms with Crippen LogP contribution < -0.4 is 5.32 Å². The number of aromatic nitrogens is 1. The molecule has 0 bridgehead atoms. The molecular weight excluding hydrogens is 278 g/mol. The van der Waals surface area contributed by atoms with Gasteiger partial charge in [-0.05, 0) is 19.3 Å². The van der Waals surface area contributed by atoms with Gasteiger partial charge in [-0.1, -0.05) is 0 Å². The van der Waals surface area contributed by atoms with Gasteiger partial charge < -0.3 is 15.3 Å². The molecule has 3 rings (SSSR count). The van der Waals surface area contributed by atoms with Crippen LogP contribution in [0.4, 0.5) is 5.13 Å². The molecule has 1 fully saturated rings. The zero-order chi connectivity index (χ0) is 14.3. The number of carboxylic acids is 1. The van der Waals surface area contributed by atoms with Gasteiger partial charge in [0, 0.05) is 30.9 Å². The van der Waals surface area contributed by atoms with Crippen LogP contribution in [0.3, 0.4) is 0 Å². The van der Waals surface area contributed by atoms with Gasteiger partial charge >= 0.3 is 5.97 Å². The number of fused-ring (bicyclic) bond motifs is 1. The molecular formula is C13H17N3O3S. The van der Waals surface area contributed by atoms with Crippen LogP contribution in [0.5, 0.6) is 0 Å². The predicted molar refractivity (Wildman–Crippen MR) is 75.1 cm³/mol. The number of likely N-dealkylation sites (tertiary alicyclic amines) is 1. The summed E-state index contributed by atoms with van der Waals surface area (Å²) in [6.45, 7) is 0.672. The van der Waals surface area contributed by atoms with Gasteiger partial charge in [-0.25, -0.2) is 4.98 Å². The number of nitrogens with one attached hydrogen (secondary N) is 1. The monoisotopic (exact) mass is 295 g/mol. The average molecular weight is 295 g/mol. The molecule has 1 aromatic heterocycles. The zero-order valence-electron chi connectivity index (χ0n) is 11.3. The largest absolute Gasteiger partial charge is 0.481 e. The zero-order valence-corrected chi connectivity index (χ0v) is 12.1. The Hall–Kier alpha value is -1.63. The number of hydrogen-bond acceptors (Lipinski definition) is 5. The Balaban J connectivity index is 1.69. The number of carbonyl (C=O) groups is 2. The second kappa shape index (κ2) is 5.05. The third-order valence-corrected chi connectivity index (χ3v) is 5.03. The fourth-order valence-corrected chi connectivity index (χ4v) is 3.95. The van der Waals surface area contributed by atoms with Crippen molar-refractivity contribution in [3.63, 3.8) is 0 Å². The van der Waals surface area contributed by atoms with Crippen LogP contribution in [0.25, 0.3) is 0 Å². The highest BCUT2D eigenvalue weighted by Crippen LogP contribution is 2.38. The molecule has 0 radical (unpaired) electrons. The highest BCUT2D eigenvalue weighted by Gasteiger charge is 2.33. The molecule has 1 aliphatic carbocycles. The van der Waals surface area contributed by atoms with E-state index in [-0.39, 0.29) is 11.9 Å². The van der Waals surface area contributed by atoms with Crippen LogP contribution in [0.15, 0.2) is 0 Å². The van der Waals surface area contributed by atoms with Gasteiger partial charge in [0.05, 0.1) is 5.69 Å². The highest BCUT2D eigenvalue weighted by atomic mass is 32.1. The van der Waals surface area contributed by atoms with Crippen molar-refractivity contribution in [2.24, 2.45) is 0 Å². The van der Waals surface area contributed by atoms with Gasteiger partial charge in [-0.2, -0.15) is 0 Å². The molecule has 2 heterocycles. The number of thiazole rings is 1. The van der Waals surface area contributed by atoms with Crippen LogP contribution in [0, 0.1) is 0 Å². The molecule has 0 spiro atoms. The number of nitrogens with zero attached hydrogens (tertiary/aromatic N) is 2. The fourth-order valence-electron chi connectivity index (χ4n) is 2.83. The Morgan fingerprint density at radius 1 is 1.45 bits per heavy atom. The van der Waals surface area contributed by atoms with Crippen LogP contribution >= 0.6 is 11.3 Å². The second-order valence-corrected chi connectivity index (χ2v) is 6.49. The van der Waals surface area contributed by atoms with E-state index in [1.54, 1.807) is 23.3 Å². The third-order valence-electron chi connectivity index (χ3n) is 3.97. The molecule has 2 unspecified atom stereocenters. The molecule has 0 aromatic carbocycles. The summed E-state index contributed by atoms with van der Waals surface area (Å²) in [5, 5.41) is 13.3. The summed E-state index contributed by atoms with van der Waals surface area (Å²) in [4.78, 5) is 29.8. The van der Waals surface area contributed by atoms with E-state index in [1.807, 2.05) is 0 Å². The number of aliphatic carboxylic acids is 1. The molecule has 1 aromatic rings. The molecule has 2 N–H and O–H groups in total. The lowest BCUT2D eigenvalue weighted by molar-refractivity contribution is -0.138. The fraction of sp³-hybridized carbons (Fsp3) is 0.615. The number of carboxylic acid groups (broad SMARTS) is 1. The van der Waals surface area contributed by atoms with Crippen molar-refractivity contribution in [3.05, 3.63) is 10.6 Å². The number of likely N-dealkylation sites (N-methyl/N-ethyl adjacent to an activating group) is 1. The van der Waals surface area contributed by atoms with E-state index in [1.165, 1.54) is 0 Å². The van der Waals surface area contributed by atoms with E-state index < -0.39 is 11.9 Å². The van der Waals surface area contributed by atoms with Crippen molar-refractivity contribution in [1.29, 1.82) is 0 Å². The molecule has 108 valence electrons. The Kier molecular flexibility index (Phi) is 3.37. The Morgan fingerprint density at radius 2 is 2.25 bits per heavy atom.